The van der Waals surface area contributed by atoms with Crippen LogP contribution in [-0.4, -0.2) is 59.9 Å². The van der Waals surface area contributed by atoms with Crippen LogP contribution in [0.2, 0.25) is 0 Å². The smallest absolute Gasteiger partial charge is 0.480 e. The van der Waals surface area contributed by atoms with Crippen LogP contribution in [0.4, 0.5) is 9.59 Å². The summed E-state index contributed by atoms with van der Waals surface area (Å²) in [4.78, 5) is 47.8. The third-order valence-corrected chi connectivity index (χ3v) is 2.31. The molecule has 0 rings (SSSR count). The van der Waals surface area contributed by atoms with Gasteiger partial charge in [-0.05, 0) is 33.6 Å². The monoisotopic (exact) mass is 366 g/mol. The molecular weight excluding hydrogens is 344 g/mol. The Morgan fingerprint density at radius 2 is 1.76 bits per heavy atom. The van der Waals surface area contributed by atoms with Crippen LogP contribution in [0.25, 0.3) is 0 Å². The minimum Gasteiger partial charge on any atom is -0.480 e. The number of ether oxygens (including phenoxy) is 3. The number of carbonyl (C=O) groups excluding carboxylic acids is 2. The van der Waals surface area contributed by atoms with Crippen LogP contribution in [0.5, 0.6) is 0 Å². The van der Waals surface area contributed by atoms with Gasteiger partial charge in [-0.15, -0.1) is 10.1 Å². The number of aliphatic carboxylic acids is 1. The molecular formula is C13H22N2O10. The van der Waals surface area contributed by atoms with Crippen LogP contribution in [-0.2, 0) is 23.8 Å². The van der Waals surface area contributed by atoms with Gasteiger partial charge in [-0.3, -0.25) is 0 Å². The van der Waals surface area contributed by atoms with Gasteiger partial charge >= 0.3 is 18.2 Å². The van der Waals surface area contributed by atoms with E-state index in [9.17, 15) is 24.5 Å². The Bertz CT molecular complexity index is 474. The largest absolute Gasteiger partial charge is 0.508 e. The average Bonchev–Trinajstić information content (AvgIpc) is 2.44. The Morgan fingerprint density at radius 3 is 2.28 bits per heavy atom. The van der Waals surface area contributed by atoms with Crippen LogP contribution < -0.4 is 5.32 Å². The standard InChI is InChI=1S/C13H22N2O10/c1-13(2,3)25-11(18)14-9(10(16)17)8-23-12(19)22-6-4-5-7-24-15(20)21/h9H,4-8H2,1-3H3,(H,14,18)(H,16,17). The summed E-state index contributed by atoms with van der Waals surface area (Å²) >= 11 is 0. The molecule has 1 amide bonds. The van der Waals surface area contributed by atoms with Gasteiger partial charge in [0.1, 0.15) is 12.2 Å². The highest BCUT2D eigenvalue weighted by molar-refractivity contribution is 5.80. The second kappa shape index (κ2) is 10.9. The second-order valence-electron chi connectivity index (χ2n) is 5.71. The fourth-order valence-electron chi connectivity index (χ4n) is 1.32. The number of unbranched alkanes of at least 4 members (excludes halogenated alkanes) is 1. The van der Waals surface area contributed by atoms with Crippen molar-refractivity contribution in [3.63, 3.8) is 0 Å². The average molecular weight is 366 g/mol. The summed E-state index contributed by atoms with van der Waals surface area (Å²) in [6.07, 6.45) is -1.52. The van der Waals surface area contributed by atoms with Crippen molar-refractivity contribution in [3.8, 4) is 0 Å². The van der Waals surface area contributed by atoms with Gasteiger partial charge in [-0.25, -0.2) is 14.4 Å². The maximum Gasteiger partial charge on any atom is 0.508 e. The van der Waals surface area contributed by atoms with Crippen molar-refractivity contribution < 1.29 is 43.6 Å². The first kappa shape index (κ1) is 22.2. The van der Waals surface area contributed by atoms with Gasteiger partial charge in [-0.1, -0.05) is 0 Å². The Kier molecular flexibility index (Phi) is 9.67. The molecule has 0 aromatic heterocycles. The van der Waals surface area contributed by atoms with Crippen molar-refractivity contribution in [2.45, 2.75) is 45.3 Å². The Balaban J connectivity index is 4.05. The van der Waals surface area contributed by atoms with Crippen molar-refractivity contribution in [1.82, 2.24) is 5.32 Å². The first-order chi connectivity index (χ1) is 11.5. The second-order valence-corrected chi connectivity index (χ2v) is 5.71. The number of nitrogens with one attached hydrogen (secondary N) is 1. The zero-order chi connectivity index (χ0) is 19.5. The molecule has 0 bridgehead atoms. The Labute approximate surface area is 143 Å². The van der Waals surface area contributed by atoms with E-state index >= 15 is 0 Å². The quantitative estimate of drug-likeness (QED) is 0.247. The number of carboxylic acids is 1. The van der Waals surface area contributed by atoms with Crippen molar-refractivity contribution >= 4 is 18.2 Å². The highest BCUT2D eigenvalue weighted by Gasteiger charge is 2.25. The van der Waals surface area contributed by atoms with Crippen molar-refractivity contribution in [2.24, 2.45) is 0 Å². The molecule has 0 aliphatic carbocycles. The number of amides is 1. The van der Waals surface area contributed by atoms with Gasteiger partial charge < -0.3 is 29.5 Å². The number of nitrogens with zero attached hydrogens (tertiary/aromatic N) is 1. The summed E-state index contributed by atoms with van der Waals surface area (Å²) in [6.45, 7) is 3.94. The predicted octanol–water partition coefficient (Wildman–Crippen LogP) is 1.11. The zero-order valence-electron chi connectivity index (χ0n) is 14.2. The van der Waals surface area contributed by atoms with Crippen LogP contribution >= 0.6 is 0 Å². The molecule has 0 aromatic carbocycles. The van der Waals surface area contributed by atoms with Gasteiger partial charge in [0.05, 0.1) is 13.2 Å². The first-order valence-corrected chi connectivity index (χ1v) is 7.30. The minimum absolute atomic E-state index is 0.0862. The fraction of sp³-hybridized carbons (Fsp3) is 0.769. The number of rotatable bonds is 10. The molecule has 0 aliphatic heterocycles. The fourth-order valence-corrected chi connectivity index (χ4v) is 1.32. The minimum atomic E-state index is -1.50. The van der Waals surface area contributed by atoms with E-state index in [1.807, 2.05) is 5.32 Å². The van der Waals surface area contributed by atoms with E-state index in [0.29, 0.717) is 6.42 Å². The molecule has 1 atom stereocenters. The molecule has 1 unspecified atom stereocenters. The molecule has 0 fully saturated rings. The third kappa shape index (κ3) is 13.4. The normalized spacial score (nSPS) is 11.8. The molecule has 0 radical (unpaired) electrons. The molecule has 0 aromatic rings. The van der Waals surface area contributed by atoms with Crippen LogP contribution in [0, 0.1) is 10.1 Å². The van der Waals surface area contributed by atoms with E-state index in [1.54, 1.807) is 20.8 Å². The number of hydrogen-bond acceptors (Lipinski definition) is 9. The summed E-state index contributed by atoms with van der Waals surface area (Å²) < 4.78 is 14.1. The molecule has 0 aliphatic rings. The molecule has 0 saturated heterocycles. The lowest BCUT2D eigenvalue weighted by molar-refractivity contribution is -0.757. The van der Waals surface area contributed by atoms with Gasteiger partial charge in [-0.2, -0.15) is 0 Å². The van der Waals surface area contributed by atoms with E-state index in [4.69, 9.17) is 9.84 Å². The van der Waals surface area contributed by atoms with Gasteiger partial charge in [0.25, 0.3) is 5.09 Å². The predicted molar refractivity (Wildman–Crippen MR) is 80.3 cm³/mol. The Morgan fingerprint density at radius 1 is 1.16 bits per heavy atom. The molecule has 144 valence electrons. The SMILES string of the molecule is CC(C)(C)OC(=O)NC(COC(=O)OCCCCO[N+](=O)[O-])C(=O)O. The van der Waals surface area contributed by atoms with Crippen LogP contribution in [0.15, 0.2) is 0 Å². The van der Waals surface area contributed by atoms with E-state index < -0.39 is 41.6 Å². The number of hydrogen-bond donors (Lipinski definition) is 2. The number of carbonyl (C=O) groups is 3. The molecule has 0 spiro atoms. The van der Waals surface area contributed by atoms with Crippen molar-refractivity contribution in [3.05, 3.63) is 10.1 Å². The summed E-state index contributed by atoms with van der Waals surface area (Å²) in [7, 11) is 0. The zero-order valence-corrected chi connectivity index (χ0v) is 14.2. The van der Waals surface area contributed by atoms with Crippen LogP contribution in [0.1, 0.15) is 33.6 Å². The lowest BCUT2D eigenvalue weighted by Crippen LogP contribution is -2.46. The number of carboxylic acid groups (broad SMARTS) is 1. The van der Waals surface area contributed by atoms with Gasteiger partial charge in [0.15, 0.2) is 6.04 Å². The van der Waals surface area contributed by atoms with E-state index in [1.165, 1.54) is 0 Å². The molecule has 0 heterocycles. The topological polar surface area (TPSA) is 164 Å². The van der Waals surface area contributed by atoms with Gasteiger partial charge in [0, 0.05) is 0 Å². The molecule has 12 heteroatoms. The molecule has 2 N–H and O–H groups in total. The third-order valence-electron chi connectivity index (χ3n) is 2.31. The summed E-state index contributed by atoms with van der Waals surface area (Å²) in [5.41, 5.74) is -0.814. The summed E-state index contributed by atoms with van der Waals surface area (Å²) in [5, 5.41) is 20.0. The van der Waals surface area contributed by atoms with Gasteiger partial charge in [0.2, 0.25) is 0 Å². The Hall–Kier alpha value is -2.79. The lowest BCUT2D eigenvalue weighted by Gasteiger charge is -2.21. The van der Waals surface area contributed by atoms with E-state index in [0.717, 1.165) is 0 Å². The van der Waals surface area contributed by atoms with E-state index in [-0.39, 0.29) is 19.6 Å². The number of alkyl carbamates (subject to hydrolysis) is 1. The van der Waals surface area contributed by atoms with Crippen molar-refractivity contribution in [2.75, 3.05) is 19.8 Å². The first-order valence-electron chi connectivity index (χ1n) is 7.30. The van der Waals surface area contributed by atoms with Crippen LogP contribution in [0.3, 0.4) is 0 Å². The van der Waals surface area contributed by atoms with E-state index in [2.05, 4.69) is 14.3 Å². The lowest BCUT2D eigenvalue weighted by atomic mass is 10.2. The van der Waals surface area contributed by atoms with Crippen molar-refractivity contribution in [1.29, 1.82) is 0 Å². The highest BCUT2D eigenvalue weighted by Crippen LogP contribution is 2.07. The maximum atomic E-state index is 11.5. The molecule has 12 nitrogen and oxygen atoms in total. The maximum absolute atomic E-state index is 11.5. The highest BCUT2D eigenvalue weighted by atomic mass is 16.9. The summed E-state index contributed by atoms with van der Waals surface area (Å²) in [6, 6.07) is -1.50. The summed E-state index contributed by atoms with van der Waals surface area (Å²) in [5.74, 6) is -1.42. The molecule has 25 heavy (non-hydrogen) atoms. The molecule has 0 saturated carbocycles.